The minimum absolute atomic E-state index is 0.476. The first-order valence-corrected chi connectivity index (χ1v) is 8.60. The highest BCUT2D eigenvalue weighted by Crippen LogP contribution is 2.31. The summed E-state index contributed by atoms with van der Waals surface area (Å²) in [6, 6.07) is 10.8. The van der Waals surface area contributed by atoms with Crippen molar-refractivity contribution >= 4 is 10.9 Å². The molecule has 0 radical (unpaired) electrons. The molecule has 126 valence electrons. The van der Waals surface area contributed by atoms with Gasteiger partial charge < -0.3 is 9.30 Å². The van der Waals surface area contributed by atoms with Crippen molar-refractivity contribution in [3.05, 3.63) is 58.9 Å². The van der Waals surface area contributed by atoms with E-state index in [1.54, 1.807) is 0 Å². The number of fused-ring (bicyclic) bond motifs is 1. The van der Waals surface area contributed by atoms with Gasteiger partial charge in [-0.25, -0.2) is 4.98 Å². The maximum Gasteiger partial charge on any atom is 0.238 e. The Morgan fingerprint density at radius 1 is 1.12 bits per heavy atom. The highest BCUT2D eigenvalue weighted by atomic mass is 16.5. The van der Waals surface area contributed by atoms with Crippen LogP contribution < -0.4 is 4.74 Å². The molecule has 0 N–H and O–H groups in total. The van der Waals surface area contributed by atoms with Crippen LogP contribution in [0.5, 0.6) is 5.88 Å². The lowest BCUT2D eigenvalue weighted by atomic mass is 10.1. The van der Waals surface area contributed by atoms with Crippen LogP contribution in [-0.4, -0.2) is 16.2 Å². The van der Waals surface area contributed by atoms with Crippen molar-refractivity contribution in [3.8, 4) is 5.88 Å². The third-order valence-electron chi connectivity index (χ3n) is 4.49. The van der Waals surface area contributed by atoms with E-state index in [9.17, 15) is 0 Å². The van der Waals surface area contributed by atoms with E-state index in [-0.39, 0.29) is 0 Å². The van der Waals surface area contributed by atoms with Crippen LogP contribution in [0.2, 0.25) is 0 Å². The molecular formula is C21H26N2O. The van der Waals surface area contributed by atoms with Crippen molar-refractivity contribution in [2.75, 3.05) is 6.61 Å². The summed E-state index contributed by atoms with van der Waals surface area (Å²) in [5.41, 5.74) is 6.26. The van der Waals surface area contributed by atoms with Gasteiger partial charge in [0.25, 0.3) is 0 Å². The van der Waals surface area contributed by atoms with E-state index in [0.717, 1.165) is 17.9 Å². The number of hydrogen-bond donors (Lipinski definition) is 0. The molecule has 3 nitrogen and oxygen atoms in total. The minimum Gasteiger partial charge on any atom is -0.476 e. The molecule has 0 unspecified atom stereocenters. The molecule has 24 heavy (non-hydrogen) atoms. The Morgan fingerprint density at radius 3 is 2.62 bits per heavy atom. The monoisotopic (exact) mass is 322 g/mol. The molecule has 0 fully saturated rings. The topological polar surface area (TPSA) is 27.1 Å². The fraction of sp³-hybridized carbons (Fsp3) is 0.381. The summed E-state index contributed by atoms with van der Waals surface area (Å²) in [6.45, 7) is 12.3. The second-order valence-corrected chi connectivity index (χ2v) is 7.00. The van der Waals surface area contributed by atoms with E-state index in [1.165, 1.54) is 27.8 Å². The molecule has 0 saturated heterocycles. The van der Waals surface area contributed by atoms with Crippen molar-refractivity contribution in [2.24, 2.45) is 5.92 Å². The summed E-state index contributed by atoms with van der Waals surface area (Å²) in [7, 11) is 0. The summed E-state index contributed by atoms with van der Waals surface area (Å²) in [5.74, 6) is 1.22. The highest BCUT2D eigenvalue weighted by molar-refractivity contribution is 5.89. The molecule has 0 bridgehead atoms. The number of rotatable bonds is 5. The van der Waals surface area contributed by atoms with E-state index in [2.05, 4.69) is 74.5 Å². The van der Waals surface area contributed by atoms with Gasteiger partial charge in [0.05, 0.1) is 6.61 Å². The van der Waals surface area contributed by atoms with Gasteiger partial charge in [0.15, 0.2) is 0 Å². The predicted octanol–water partition coefficient (Wildman–Crippen LogP) is 5.04. The van der Waals surface area contributed by atoms with Gasteiger partial charge in [0.2, 0.25) is 5.88 Å². The zero-order valence-corrected chi connectivity index (χ0v) is 15.3. The number of nitrogens with zero attached hydrogens (tertiary/aromatic N) is 2. The standard InChI is InChI=1S/C21H26N2O/c1-14(2)13-24-21-20-19(9-10-22-21)16(4)17(5)23(20)12-18-8-6-7-15(3)11-18/h6-11,14H,12-13H2,1-5H3. The third kappa shape index (κ3) is 3.16. The maximum atomic E-state index is 6.02. The zero-order chi connectivity index (χ0) is 17.3. The van der Waals surface area contributed by atoms with Crippen molar-refractivity contribution < 1.29 is 4.74 Å². The normalized spacial score (nSPS) is 11.4. The van der Waals surface area contributed by atoms with Crippen LogP contribution in [0.3, 0.4) is 0 Å². The lowest BCUT2D eigenvalue weighted by Crippen LogP contribution is -2.08. The summed E-state index contributed by atoms with van der Waals surface area (Å²) < 4.78 is 8.35. The molecule has 0 aliphatic heterocycles. The molecule has 0 aliphatic carbocycles. The Morgan fingerprint density at radius 2 is 1.92 bits per heavy atom. The largest absolute Gasteiger partial charge is 0.476 e. The summed E-state index contributed by atoms with van der Waals surface area (Å²) in [4.78, 5) is 4.51. The van der Waals surface area contributed by atoms with Crippen LogP contribution in [-0.2, 0) is 6.54 Å². The summed E-state index contributed by atoms with van der Waals surface area (Å²) >= 11 is 0. The Balaban J connectivity index is 2.10. The van der Waals surface area contributed by atoms with E-state index in [4.69, 9.17) is 4.74 Å². The van der Waals surface area contributed by atoms with E-state index in [1.807, 2.05) is 6.20 Å². The molecule has 0 amide bonds. The van der Waals surface area contributed by atoms with Crippen molar-refractivity contribution in [1.82, 2.24) is 9.55 Å². The van der Waals surface area contributed by atoms with Gasteiger partial charge in [-0.1, -0.05) is 43.7 Å². The lowest BCUT2D eigenvalue weighted by Gasteiger charge is -2.13. The van der Waals surface area contributed by atoms with Gasteiger partial charge in [0.1, 0.15) is 5.52 Å². The first-order valence-electron chi connectivity index (χ1n) is 8.60. The molecular weight excluding hydrogens is 296 g/mol. The van der Waals surface area contributed by atoms with Gasteiger partial charge in [-0.15, -0.1) is 0 Å². The quantitative estimate of drug-likeness (QED) is 0.657. The Hall–Kier alpha value is -2.29. The van der Waals surface area contributed by atoms with Gasteiger partial charge >= 0.3 is 0 Å². The molecule has 3 aromatic rings. The van der Waals surface area contributed by atoms with Crippen LogP contribution in [0.15, 0.2) is 36.5 Å². The molecule has 3 heteroatoms. The SMILES string of the molecule is Cc1cccc(Cn2c(C)c(C)c3ccnc(OCC(C)C)c32)c1. The molecule has 0 aliphatic rings. The number of aryl methyl sites for hydroxylation is 2. The summed E-state index contributed by atoms with van der Waals surface area (Å²) in [6.07, 6.45) is 1.85. The van der Waals surface area contributed by atoms with Crippen LogP contribution in [0.25, 0.3) is 10.9 Å². The minimum atomic E-state index is 0.476. The van der Waals surface area contributed by atoms with E-state index >= 15 is 0 Å². The smallest absolute Gasteiger partial charge is 0.238 e. The number of benzene rings is 1. The van der Waals surface area contributed by atoms with Crippen molar-refractivity contribution in [1.29, 1.82) is 0 Å². The van der Waals surface area contributed by atoms with Gasteiger partial charge in [0, 0.05) is 23.8 Å². The highest BCUT2D eigenvalue weighted by Gasteiger charge is 2.16. The zero-order valence-electron chi connectivity index (χ0n) is 15.3. The van der Waals surface area contributed by atoms with Crippen LogP contribution in [0.1, 0.15) is 36.2 Å². The van der Waals surface area contributed by atoms with Gasteiger partial charge in [-0.05, 0) is 43.9 Å². The van der Waals surface area contributed by atoms with Gasteiger partial charge in [-0.3, -0.25) is 0 Å². The Bertz CT molecular complexity index is 862. The summed E-state index contributed by atoms with van der Waals surface area (Å²) in [5, 5.41) is 1.23. The van der Waals surface area contributed by atoms with Crippen LogP contribution >= 0.6 is 0 Å². The lowest BCUT2D eigenvalue weighted by molar-refractivity contribution is 0.263. The van der Waals surface area contributed by atoms with Crippen LogP contribution in [0, 0.1) is 26.7 Å². The maximum absolute atomic E-state index is 6.02. The molecule has 0 spiro atoms. The number of ether oxygens (including phenoxy) is 1. The molecule has 1 aromatic carbocycles. The Labute approximate surface area is 144 Å². The fourth-order valence-electron chi connectivity index (χ4n) is 3.11. The predicted molar refractivity (Wildman–Crippen MR) is 99.8 cm³/mol. The average Bonchev–Trinajstić information content (AvgIpc) is 2.79. The number of pyridine rings is 1. The first-order chi connectivity index (χ1) is 11.5. The molecule has 0 saturated carbocycles. The molecule has 3 rings (SSSR count). The van der Waals surface area contributed by atoms with E-state index < -0.39 is 0 Å². The second-order valence-electron chi connectivity index (χ2n) is 7.00. The number of hydrogen-bond acceptors (Lipinski definition) is 2. The van der Waals surface area contributed by atoms with Crippen molar-refractivity contribution in [2.45, 2.75) is 41.2 Å². The van der Waals surface area contributed by atoms with E-state index in [0.29, 0.717) is 12.5 Å². The molecule has 0 atom stereocenters. The van der Waals surface area contributed by atoms with Crippen LogP contribution in [0.4, 0.5) is 0 Å². The third-order valence-corrected chi connectivity index (χ3v) is 4.49. The first kappa shape index (κ1) is 16.6. The number of aromatic nitrogens is 2. The molecule has 2 aromatic heterocycles. The fourth-order valence-corrected chi connectivity index (χ4v) is 3.11. The van der Waals surface area contributed by atoms with Gasteiger partial charge in [-0.2, -0.15) is 0 Å². The van der Waals surface area contributed by atoms with Crippen molar-refractivity contribution in [3.63, 3.8) is 0 Å². The Kier molecular flexibility index (Phi) is 4.61. The molecule has 2 heterocycles. The average molecular weight is 322 g/mol. The second kappa shape index (κ2) is 6.68.